The fraction of sp³-hybridized carbons (Fsp3) is 0.514. The van der Waals surface area contributed by atoms with Gasteiger partial charge in [0.15, 0.2) is 0 Å². The molecule has 0 aliphatic heterocycles. The van der Waals surface area contributed by atoms with Crippen LogP contribution >= 0.6 is 0 Å². The Balaban J connectivity index is 2.04. The summed E-state index contributed by atoms with van der Waals surface area (Å²) in [7, 11) is 0. The first-order valence-electron chi connectivity index (χ1n) is 16.1. The van der Waals surface area contributed by atoms with E-state index in [1.165, 1.54) is 0 Å². The van der Waals surface area contributed by atoms with E-state index in [4.69, 9.17) is 34.9 Å². The molecule has 0 atom stereocenters. The maximum absolute atomic E-state index is 5.27. The number of rotatable bonds is 15. The lowest BCUT2D eigenvalue weighted by atomic mass is 10.0. The number of pyridine rings is 1. The van der Waals surface area contributed by atoms with Crippen molar-refractivity contribution >= 4 is 0 Å². The summed E-state index contributed by atoms with van der Waals surface area (Å²) in [5.41, 5.74) is 11.2. The quantitative estimate of drug-likeness (QED) is 0.144. The average Bonchev–Trinajstić information content (AvgIpc) is 3.00. The van der Waals surface area contributed by atoms with Gasteiger partial charge in [-0.3, -0.25) is 15.0 Å². The summed E-state index contributed by atoms with van der Waals surface area (Å²) in [5.74, 6) is 0. The summed E-state index contributed by atoms with van der Waals surface area (Å²) in [5, 5.41) is 0. The highest BCUT2D eigenvalue weighted by Crippen LogP contribution is 2.32. The lowest BCUT2D eigenvalue weighted by Crippen LogP contribution is -2.07. The molecule has 222 valence electrons. The Morgan fingerprint density at radius 3 is 1.10 bits per heavy atom. The summed E-state index contributed by atoms with van der Waals surface area (Å²) in [6.07, 6.45) is 17.0. The van der Waals surface area contributed by atoms with Crippen molar-refractivity contribution in [1.82, 2.24) is 34.9 Å². The predicted octanol–water partition coefficient (Wildman–Crippen LogP) is 8.17. The molecule has 4 rings (SSSR count). The van der Waals surface area contributed by atoms with E-state index in [2.05, 4.69) is 53.7 Å². The van der Waals surface area contributed by atoms with E-state index in [0.29, 0.717) is 0 Å². The third-order valence-electron chi connectivity index (χ3n) is 7.26. The Hall–Kier alpha value is -3.61. The Bertz CT molecular complexity index is 1280. The van der Waals surface area contributed by atoms with Crippen LogP contribution < -0.4 is 0 Å². The largest absolute Gasteiger partial charge is 0.257 e. The molecule has 0 radical (unpaired) electrons. The Kier molecular flexibility index (Phi) is 11.6. The lowest BCUT2D eigenvalue weighted by molar-refractivity contribution is 0.827. The molecule has 0 bridgehead atoms. The van der Waals surface area contributed by atoms with Crippen molar-refractivity contribution in [3.63, 3.8) is 0 Å². The normalized spacial score (nSPS) is 11.3. The fourth-order valence-corrected chi connectivity index (χ4v) is 5.29. The molecule has 4 heterocycles. The maximum Gasteiger partial charge on any atom is 0.110 e. The van der Waals surface area contributed by atoms with Gasteiger partial charge in [0.2, 0.25) is 0 Å². The second-order valence-electron chi connectivity index (χ2n) is 11.1. The maximum atomic E-state index is 5.27. The molecule has 0 unspecified atom stereocenters. The molecule has 4 aromatic rings. The molecule has 7 heteroatoms. The monoisotopic (exact) mass is 565 g/mol. The fourth-order valence-electron chi connectivity index (χ4n) is 5.29. The topological polar surface area (TPSA) is 90.2 Å². The highest BCUT2D eigenvalue weighted by atomic mass is 14.9. The van der Waals surface area contributed by atoms with Gasteiger partial charge < -0.3 is 0 Å². The molecular formula is C35H47N7. The molecule has 42 heavy (non-hydrogen) atoms. The molecule has 0 spiro atoms. The van der Waals surface area contributed by atoms with Crippen molar-refractivity contribution < 1.29 is 0 Å². The van der Waals surface area contributed by atoms with Gasteiger partial charge in [0.05, 0.1) is 51.2 Å². The summed E-state index contributed by atoms with van der Waals surface area (Å²) in [6.45, 7) is 13.1. The molecule has 0 saturated heterocycles. The number of aryl methyl sites for hydroxylation is 6. The third kappa shape index (κ3) is 7.61. The predicted molar refractivity (Wildman–Crippen MR) is 171 cm³/mol. The zero-order valence-electron chi connectivity index (χ0n) is 26.5. The van der Waals surface area contributed by atoms with Crippen LogP contribution in [0.3, 0.4) is 0 Å². The van der Waals surface area contributed by atoms with Crippen LogP contribution in [0.25, 0.3) is 34.0 Å². The lowest BCUT2D eigenvalue weighted by Gasteiger charge is -2.16. The average molecular weight is 566 g/mol. The zero-order chi connectivity index (χ0) is 29.9. The summed E-state index contributed by atoms with van der Waals surface area (Å²) in [6, 6.07) is 4.29. The summed E-state index contributed by atoms with van der Waals surface area (Å²) >= 11 is 0. The smallest absolute Gasteiger partial charge is 0.110 e. The number of aromatic nitrogens is 7. The van der Waals surface area contributed by atoms with E-state index in [-0.39, 0.29) is 0 Å². The van der Waals surface area contributed by atoms with E-state index in [0.717, 1.165) is 145 Å². The van der Waals surface area contributed by atoms with Crippen molar-refractivity contribution in [1.29, 1.82) is 0 Å². The standard InChI is InChI=1S/C35H47N7/c1-7-13-25-21-36-28(16-10-4)33(39-25)24-19-31(34-29(17-11-5)37-22-26(40-34)14-8-2)42-32(20-24)35-30(18-12-6)38-23-27(41-35)15-9-3/h19-23H,7-18H2,1-6H3. The van der Waals surface area contributed by atoms with Gasteiger partial charge in [-0.05, 0) is 50.7 Å². The van der Waals surface area contributed by atoms with Gasteiger partial charge >= 0.3 is 0 Å². The molecule has 0 fully saturated rings. The Labute approximate surface area is 252 Å². The van der Waals surface area contributed by atoms with Crippen LogP contribution in [0.15, 0.2) is 30.7 Å². The molecule has 0 saturated carbocycles. The van der Waals surface area contributed by atoms with Crippen molar-refractivity contribution in [3.8, 4) is 34.0 Å². The molecule has 0 N–H and O–H groups in total. The minimum absolute atomic E-state index is 0.812. The van der Waals surface area contributed by atoms with Crippen molar-refractivity contribution in [2.45, 2.75) is 119 Å². The van der Waals surface area contributed by atoms with Crippen LogP contribution in [0.5, 0.6) is 0 Å². The zero-order valence-corrected chi connectivity index (χ0v) is 26.5. The van der Waals surface area contributed by atoms with Crippen LogP contribution in [0.4, 0.5) is 0 Å². The van der Waals surface area contributed by atoms with Crippen molar-refractivity contribution in [3.05, 3.63) is 64.9 Å². The van der Waals surface area contributed by atoms with Gasteiger partial charge in [-0.2, -0.15) is 0 Å². The molecule has 0 aliphatic carbocycles. The SMILES string of the molecule is CCCc1cnc(CCC)c(-c2cc(-c3nc(CCC)cnc3CCC)nc(-c3nc(CCC)cnc3CCC)c2)n1. The Morgan fingerprint density at radius 2 is 0.738 bits per heavy atom. The molecule has 0 aromatic carbocycles. The molecule has 0 amide bonds. The molecular weight excluding hydrogens is 518 g/mol. The van der Waals surface area contributed by atoms with Gasteiger partial charge in [-0.25, -0.2) is 19.9 Å². The van der Waals surface area contributed by atoms with Gasteiger partial charge in [0.25, 0.3) is 0 Å². The van der Waals surface area contributed by atoms with Crippen LogP contribution in [0.2, 0.25) is 0 Å². The number of hydrogen-bond donors (Lipinski definition) is 0. The van der Waals surface area contributed by atoms with Crippen molar-refractivity contribution in [2.75, 3.05) is 0 Å². The highest BCUT2D eigenvalue weighted by molar-refractivity contribution is 5.75. The first kappa shape index (κ1) is 31.3. The van der Waals surface area contributed by atoms with E-state index in [1.807, 2.05) is 18.6 Å². The second kappa shape index (κ2) is 15.6. The van der Waals surface area contributed by atoms with Crippen LogP contribution in [0, 0.1) is 0 Å². The number of hydrogen-bond acceptors (Lipinski definition) is 7. The van der Waals surface area contributed by atoms with Crippen LogP contribution in [-0.2, 0) is 38.5 Å². The van der Waals surface area contributed by atoms with Gasteiger partial charge in [0, 0.05) is 24.2 Å². The first-order chi connectivity index (χ1) is 20.5. The van der Waals surface area contributed by atoms with Crippen molar-refractivity contribution in [2.24, 2.45) is 0 Å². The molecule has 0 aliphatic rings. The minimum Gasteiger partial charge on any atom is -0.257 e. The van der Waals surface area contributed by atoms with Crippen LogP contribution in [-0.4, -0.2) is 34.9 Å². The van der Waals surface area contributed by atoms with E-state index in [1.54, 1.807) is 0 Å². The van der Waals surface area contributed by atoms with Gasteiger partial charge in [0.1, 0.15) is 11.4 Å². The van der Waals surface area contributed by atoms with E-state index in [9.17, 15) is 0 Å². The Morgan fingerprint density at radius 1 is 0.405 bits per heavy atom. The number of nitrogens with zero attached hydrogens (tertiary/aromatic N) is 7. The summed E-state index contributed by atoms with van der Waals surface area (Å²) in [4.78, 5) is 35.4. The molecule has 7 nitrogen and oxygen atoms in total. The molecule has 4 aromatic heterocycles. The second-order valence-corrected chi connectivity index (χ2v) is 11.1. The van der Waals surface area contributed by atoms with Crippen LogP contribution in [0.1, 0.15) is 114 Å². The van der Waals surface area contributed by atoms with E-state index >= 15 is 0 Å². The summed E-state index contributed by atoms with van der Waals surface area (Å²) < 4.78 is 0. The first-order valence-corrected chi connectivity index (χ1v) is 16.1. The minimum atomic E-state index is 0.812. The highest BCUT2D eigenvalue weighted by Gasteiger charge is 2.20. The van der Waals surface area contributed by atoms with Gasteiger partial charge in [-0.15, -0.1) is 0 Å². The van der Waals surface area contributed by atoms with Gasteiger partial charge in [-0.1, -0.05) is 80.1 Å². The third-order valence-corrected chi connectivity index (χ3v) is 7.26. The van der Waals surface area contributed by atoms with E-state index < -0.39 is 0 Å².